The molecule has 0 aromatic heterocycles. The lowest BCUT2D eigenvalue weighted by Crippen LogP contribution is -2.45. The van der Waals surface area contributed by atoms with E-state index >= 15 is 0 Å². The molecule has 0 aromatic carbocycles. The summed E-state index contributed by atoms with van der Waals surface area (Å²) in [5.41, 5.74) is 0. The smallest absolute Gasteiger partial charge is 0.387 e. The van der Waals surface area contributed by atoms with Gasteiger partial charge in [0.2, 0.25) is 5.91 Å². The summed E-state index contributed by atoms with van der Waals surface area (Å²) in [6.45, 7) is 4.67. The Morgan fingerprint density at radius 3 is 1.16 bits per heavy atom. The maximum atomic E-state index is 13.0. The van der Waals surface area contributed by atoms with Gasteiger partial charge in [-0.25, -0.2) is 4.57 Å². The molecule has 1 amide bonds. The number of nitrogens with zero attached hydrogens (tertiary/aromatic N) is 1. The molecule has 0 fully saturated rings. The van der Waals surface area contributed by atoms with Gasteiger partial charge in [0.15, 0.2) is 0 Å². The minimum Gasteiger partial charge on any atom is -0.387 e. The van der Waals surface area contributed by atoms with E-state index in [4.69, 9.17) is 9.05 Å². The number of rotatable bonds is 59. The highest BCUT2D eigenvalue weighted by Crippen LogP contribution is 2.43. The predicted octanol–water partition coefficient (Wildman–Crippen LogP) is 20.7. The van der Waals surface area contributed by atoms with Crippen LogP contribution in [0.2, 0.25) is 0 Å². The van der Waals surface area contributed by atoms with Crippen molar-refractivity contribution in [3.63, 3.8) is 0 Å². The highest BCUT2D eigenvalue weighted by atomic mass is 31.2. The van der Waals surface area contributed by atoms with E-state index in [1.807, 2.05) is 27.2 Å². The summed E-state index contributed by atoms with van der Waals surface area (Å²) in [5.74, 6) is -0.208. The predicted molar refractivity (Wildman–Crippen MR) is 345 cm³/mol. The van der Waals surface area contributed by atoms with Crippen molar-refractivity contribution in [3.8, 4) is 0 Å². The Kier molecular flexibility index (Phi) is 57.6. The third-order valence-corrected chi connectivity index (χ3v) is 15.2. The zero-order chi connectivity index (χ0) is 57.7. The van der Waals surface area contributed by atoms with Crippen LogP contribution in [0.4, 0.5) is 0 Å². The van der Waals surface area contributed by atoms with Crippen LogP contribution >= 0.6 is 7.82 Å². The van der Waals surface area contributed by atoms with E-state index in [1.54, 1.807) is 6.08 Å². The van der Waals surface area contributed by atoms with Crippen LogP contribution in [0.5, 0.6) is 0 Å². The van der Waals surface area contributed by atoms with E-state index in [1.165, 1.54) is 154 Å². The second-order valence-electron chi connectivity index (χ2n) is 23.1. The van der Waals surface area contributed by atoms with Gasteiger partial charge in [0, 0.05) is 6.42 Å². The van der Waals surface area contributed by atoms with E-state index < -0.39 is 20.0 Å². The molecule has 3 unspecified atom stereocenters. The molecule has 0 bridgehead atoms. The molecular formula is C70H126N2O6P+. The summed E-state index contributed by atoms with van der Waals surface area (Å²) in [5, 5.41) is 13.9. The number of hydrogen-bond acceptors (Lipinski definition) is 5. The highest BCUT2D eigenvalue weighted by molar-refractivity contribution is 7.47. The number of aliphatic hydroxyl groups is 1. The summed E-state index contributed by atoms with van der Waals surface area (Å²) in [7, 11) is 1.52. The maximum Gasteiger partial charge on any atom is 0.472 e. The number of phosphoric ester groups is 1. The quantitative estimate of drug-likeness (QED) is 0.0243. The van der Waals surface area contributed by atoms with Crippen LogP contribution in [-0.4, -0.2) is 73.4 Å². The van der Waals surface area contributed by atoms with Crippen molar-refractivity contribution >= 4 is 13.7 Å². The van der Waals surface area contributed by atoms with Crippen molar-refractivity contribution in [1.82, 2.24) is 5.32 Å². The average Bonchev–Trinajstić information content (AvgIpc) is 3.42. The molecule has 3 N–H and O–H groups in total. The number of phosphoric acid groups is 1. The first-order valence-electron chi connectivity index (χ1n) is 32.8. The topological polar surface area (TPSA) is 105 Å². The average molecular weight is 1120 g/mol. The Balaban J connectivity index is 4.24. The SMILES string of the molecule is CC/C=C\C/C=C\C/C=C\C/C=C\C/C=C\C/C=C\CCCCCCCCC(=O)NC(COP(=O)(O)OCC[N+](C)(C)C)C(O)/C=C/CC/C=C/CC/C=C/CCCCCCCCCCCCCCCCCCCCCCCC. The van der Waals surface area contributed by atoms with Gasteiger partial charge in [0.25, 0.3) is 0 Å². The first-order chi connectivity index (χ1) is 38.5. The number of carbonyl (C=O) groups excluding carboxylic acids is 1. The third-order valence-electron chi connectivity index (χ3n) is 14.2. The molecule has 0 aliphatic rings. The fraction of sp³-hybridized carbons (Fsp3) is 0.729. The lowest BCUT2D eigenvalue weighted by Gasteiger charge is -2.25. The fourth-order valence-electron chi connectivity index (χ4n) is 9.14. The standard InChI is InChI=1S/C70H125N2O6P/c1-6-8-10-12-14-16-18-20-22-24-26-28-30-32-33-34-35-36-37-38-40-41-43-45-47-49-51-53-55-57-59-61-63-69(73)68(67-78-79(75,76)77-66-65-72(3,4)5)71-70(74)64-62-60-58-56-54-52-50-48-46-44-42-39-31-29-27-25-23-21-19-17-15-13-11-9-7-2/h9,11,15,17,21,23,27,29,39,42,45-48,53,55,61,63,68-69,73H,6-8,10,12-14,16,18-20,22,24-26,28,30-38,40-41,43-44,49-52,54,56-60,62,64-67H2,1-5H3,(H-,71,74,75,76)/p+1/b11-9-,17-15-,23-21-,29-27-,42-39-,47-45+,48-46-,55-53+,63-61+. The van der Waals surface area contributed by atoms with E-state index in [2.05, 4.69) is 116 Å². The van der Waals surface area contributed by atoms with Crippen LogP contribution in [0.25, 0.3) is 0 Å². The number of carbonyl (C=O) groups is 1. The number of likely N-dealkylation sites (N-methyl/N-ethyl adjacent to an activating group) is 1. The van der Waals surface area contributed by atoms with E-state index in [0.29, 0.717) is 17.4 Å². The summed E-state index contributed by atoms with van der Waals surface area (Å²) < 4.78 is 23.7. The van der Waals surface area contributed by atoms with Gasteiger partial charge in [-0.3, -0.25) is 13.8 Å². The molecule has 0 heterocycles. The lowest BCUT2D eigenvalue weighted by atomic mass is 10.0. The van der Waals surface area contributed by atoms with Crippen molar-refractivity contribution in [2.24, 2.45) is 0 Å². The molecule has 0 spiro atoms. The van der Waals surface area contributed by atoms with E-state index in [9.17, 15) is 19.4 Å². The molecular weight excluding hydrogens is 996 g/mol. The van der Waals surface area contributed by atoms with E-state index in [0.717, 1.165) is 103 Å². The van der Waals surface area contributed by atoms with Crippen LogP contribution in [-0.2, 0) is 18.4 Å². The fourth-order valence-corrected chi connectivity index (χ4v) is 9.87. The number of hydrogen-bond donors (Lipinski definition) is 3. The summed E-state index contributed by atoms with van der Waals surface area (Å²) in [6, 6.07) is -0.888. The van der Waals surface area contributed by atoms with Crippen molar-refractivity contribution < 1.29 is 32.9 Å². The van der Waals surface area contributed by atoms with Crippen LogP contribution in [0.15, 0.2) is 109 Å². The third kappa shape index (κ3) is 62.6. The van der Waals surface area contributed by atoms with Crippen LogP contribution in [0.3, 0.4) is 0 Å². The van der Waals surface area contributed by atoms with Gasteiger partial charge >= 0.3 is 7.82 Å². The molecule has 0 rings (SSSR count). The molecule has 0 aliphatic heterocycles. The van der Waals surface area contributed by atoms with Crippen LogP contribution in [0.1, 0.15) is 277 Å². The Hall–Kier alpha value is -2.84. The highest BCUT2D eigenvalue weighted by Gasteiger charge is 2.27. The number of nitrogens with one attached hydrogen (secondary N) is 1. The number of amides is 1. The van der Waals surface area contributed by atoms with E-state index in [-0.39, 0.29) is 19.1 Å². The second-order valence-corrected chi connectivity index (χ2v) is 24.5. The molecule has 9 heteroatoms. The summed E-state index contributed by atoms with van der Waals surface area (Å²) >= 11 is 0. The molecule has 79 heavy (non-hydrogen) atoms. The molecule has 0 saturated heterocycles. The second kappa shape index (κ2) is 59.8. The largest absolute Gasteiger partial charge is 0.472 e. The molecule has 0 radical (unpaired) electrons. The monoisotopic (exact) mass is 1120 g/mol. The molecule has 0 saturated carbocycles. The van der Waals surface area contributed by atoms with Crippen molar-refractivity contribution in [2.75, 3.05) is 40.9 Å². The Bertz CT molecular complexity index is 1650. The van der Waals surface area contributed by atoms with Crippen LogP contribution in [0, 0.1) is 0 Å². The van der Waals surface area contributed by atoms with Gasteiger partial charge in [-0.15, -0.1) is 0 Å². The number of quaternary nitrogens is 1. The Labute approximate surface area is 489 Å². The number of unbranched alkanes of at least 4 members (excludes halogenated alkanes) is 30. The van der Waals surface area contributed by atoms with Gasteiger partial charge in [0.1, 0.15) is 13.2 Å². The normalized spacial score (nSPS) is 14.5. The van der Waals surface area contributed by atoms with Gasteiger partial charge in [-0.1, -0.05) is 284 Å². The van der Waals surface area contributed by atoms with Crippen molar-refractivity contribution in [2.45, 2.75) is 289 Å². The summed E-state index contributed by atoms with van der Waals surface area (Å²) in [4.78, 5) is 23.4. The molecule has 3 atom stereocenters. The van der Waals surface area contributed by atoms with Gasteiger partial charge in [-0.05, 0) is 96.3 Å². The minimum absolute atomic E-state index is 0.0444. The first kappa shape index (κ1) is 76.2. The Morgan fingerprint density at radius 1 is 0.443 bits per heavy atom. The lowest BCUT2D eigenvalue weighted by molar-refractivity contribution is -0.870. The molecule has 0 aromatic rings. The van der Waals surface area contributed by atoms with Crippen LogP contribution < -0.4 is 5.32 Å². The zero-order valence-electron chi connectivity index (χ0n) is 52.1. The zero-order valence-corrected chi connectivity index (χ0v) is 53.0. The summed E-state index contributed by atoms with van der Waals surface area (Å²) in [6.07, 6.45) is 88.0. The van der Waals surface area contributed by atoms with Gasteiger partial charge in [0.05, 0.1) is 39.9 Å². The number of allylic oxidation sites excluding steroid dienone is 17. The van der Waals surface area contributed by atoms with Gasteiger partial charge in [-0.2, -0.15) is 0 Å². The number of aliphatic hydroxyl groups excluding tert-OH is 1. The maximum absolute atomic E-state index is 13.0. The molecule has 8 nitrogen and oxygen atoms in total. The Morgan fingerprint density at radius 2 is 0.772 bits per heavy atom. The minimum atomic E-state index is -4.38. The van der Waals surface area contributed by atoms with Gasteiger partial charge < -0.3 is 19.8 Å². The van der Waals surface area contributed by atoms with Crippen molar-refractivity contribution in [1.29, 1.82) is 0 Å². The molecule has 456 valence electrons. The first-order valence-corrected chi connectivity index (χ1v) is 34.3. The molecule has 0 aliphatic carbocycles. The van der Waals surface area contributed by atoms with Crippen molar-refractivity contribution in [3.05, 3.63) is 109 Å².